The predicted molar refractivity (Wildman–Crippen MR) is 101 cm³/mol. The molecule has 3 nitrogen and oxygen atoms in total. The van der Waals surface area contributed by atoms with Gasteiger partial charge in [-0.2, -0.15) is 0 Å². The lowest BCUT2D eigenvalue weighted by molar-refractivity contribution is 0.305. The smallest absolute Gasteiger partial charge is 0.0839 e. The summed E-state index contributed by atoms with van der Waals surface area (Å²) in [5, 5.41) is 14.0. The van der Waals surface area contributed by atoms with E-state index in [0.29, 0.717) is 15.8 Å². The van der Waals surface area contributed by atoms with Gasteiger partial charge < -0.3 is 10.1 Å². The van der Waals surface area contributed by atoms with Gasteiger partial charge in [0.2, 0.25) is 0 Å². The first kappa shape index (κ1) is 20.0. The summed E-state index contributed by atoms with van der Waals surface area (Å²) in [5.74, 6) is 0.209. The van der Waals surface area contributed by atoms with Crippen molar-refractivity contribution in [2.45, 2.75) is 32.6 Å². The van der Waals surface area contributed by atoms with Gasteiger partial charge in [-0.15, -0.1) is 0 Å². The maximum atomic E-state index is 9.41. The fraction of sp³-hybridized carbons (Fsp3) is 0.500. The Hall–Kier alpha value is -1.03. The van der Waals surface area contributed by atoms with E-state index in [1.807, 2.05) is 32.3 Å². The lowest BCUT2D eigenvalue weighted by Gasteiger charge is -2.20. The maximum Gasteiger partial charge on any atom is 0.0839 e. The van der Waals surface area contributed by atoms with Crippen LogP contribution in [0, 0.1) is 5.92 Å². The Morgan fingerprint density at radius 2 is 2.00 bits per heavy atom. The summed E-state index contributed by atoms with van der Waals surface area (Å²) in [6, 6.07) is 5.45. The van der Waals surface area contributed by atoms with Gasteiger partial charge in [0.25, 0.3) is 0 Å². The normalized spacial score (nSPS) is 13.9. The van der Waals surface area contributed by atoms with Crippen LogP contribution in [0.1, 0.15) is 38.2 Å². The Morgan fingerprint density at radius 3 is 2.57 bits per heavy atom. The molecule has 1 aromatic rings. The second kappa shape index (κ2) is 10.7. The third-order valence-corrected chi connectivity index (χ3v) is 4.40. The lowest BCUT2D eigenvalue weighted by Crippen LogP contribution is -2.27. The van der Waals surface area contributed by atoms with Gasteiger partial charge in [0.1, 0.15) is 0 Å². The Kier molecular flexibility index (Phi) is 9.30. The van der Waals surface area contributed by atoms with Crippen LogP contribution in [0.5, 0.6) is 0 Å². The molecule has 5 heteroatoms. The zero-order valence-electron chi connectivity index (χ0n) is 14.1. The molecule has 0 unspecified atom stereocenters. The van der Waals surface area contributed by atoms with Crippen molar-refractivity contribution in [2.75, 3.05) is 20.6 Å². The maximum absolute atomic E-state index is 9.41. The van der Waals surface area contributed by atoms with Crippen LogP contribution in [0.2, 0.25) is 10.0 Å². The van der Waals surface area contributed by atoms with Gasteiger partial charge in [0.15, 0.2) is 0 Å². The van der Waals surface area contributed by atoms with Gasteiger partial charge in [-0.3, -0.25) is 0 Å². The summed E-state index contributed by atoms with van der Waals surface area (Å²) < 4.78 is 0. The second-order valence-electron chi connectivity index (χ2n) is 5.99. The molecule has 0 aromatic heterocycles. The average Bonchev–Trinajstić information content (AvgIpc) is 2.50. The molecule has 0 saturated carbocycles. The lowest BCUT2D eigenvalue weighted by atomic mass is 9.94. The quantitative estimate of drug-likeness (QED) is 0.270. The number of benzene rings is 1. The van der Waals surface area contributed by atoms with E-state index in [2.05, 4.69) is 17.0 Å². The Morgan fingerprint density at radius 1 is 1.26 bits per heavy atom. The van der Waals surface area contributed by atoms with Crippen LogP contribution in [-0.4, -0.2) is 36.5 Å². The first-order valence-corrected chi connectivity index (χ1v) is 8.73. The van der Waals surface area contributed by atoms with Crippen molar-refractivity contribution in [2.24, 2.45) is 11.1 Å². The molecule has 0 heterocycles. The standard InChI is InChI=1S/C18H26Cl2N2O/c1-4-5-6-7-15(13-22(2)3)18(21-23)11-9-14-8-10-16(19)17(20)12-14/h8-12,15,23H,4-7,13H2,1-3H3/b11-9-,21-18-/t15-/m0/s1. The predicted octanol–water partition coefficient (Wildman–Crippen LogP) is 5.59. The third kappa shape index (κ3) is 7.38. The van der Waals surface area contributed by atoms with E-state index in [4.69, 9.17) is 23.2 Å². The number of hydrogen-bond acceptors (Lipinski definition) is 3. The van der Waals surface area contributed by atoms with E-state index in [1.165, 1.54) is 12.8 Å². The van der Waals surface area contributed by atoms with E-state index in [0.717, 1.165) is 24.9 Å². The number of rotatable bonds is 9. The van der Waals surface area contributed by atoms with Gasteiger partial charge in [-0.25, -0.2) is 0 Å². The van der Waals surface area contributed by atoms with Crippen molar-refractivity contribution in [3.05, 3.63) is 39.9 Å². The van der Waals surface area contributed by atoms with Gasteiger partial charge in [0.05, 0.1) is 15.8 Å². The van der Waals surface area contributed by atoms with Crippen LogP contribution >= 0.6 is 23.2 Å². The van der Waals surface area contributed by atoms with Crippen LogP contribution in [-0.2, 0) is 0 Å². The summed E-state index contributed by atoms with van der Waals surface area (Å²) in [7, 11) is 4.06. The number of halogens is 2. The summed E-state index contributed by atoms with van der Waals surface area (Å²) in [6.45, 7) is 3.04. The molecule has 0 radical (unpaired) electrons. The molecule has 1 N–H and O–H groups in total. The molecule has 23 heavy (non-hydrogen) atoms. The number of allylic oxidation sites excluding steroid dienone is 1. The largest absolute Gasteiger partial charge is 0.411 e. The van der Waals surface area contributed by atoms with Crippen molar-refractivity contribution >= 4 is 35.0 Å². The molecule has 0 spiro atoms. The SMILES string of the molecule is CCCCC[C@@H](CN(C)C)C(/C=C\c1ccc(Cl)c(Cl)c1)=N\O. The van der Waals surface area contributed by atoms with E-state index >= 15 is 0 Å². The fourth-order valence-corrected chi connectivity index (χ4v) is 2.77. The minimum atomic E-state index is 0.209. The molecule has 0 aliphatic heterocycles. The molecule has 0 amide bonds. The third-order valence-electron chi connectivity index (χ3n) is 3.67. The number of hydrogen-bond donors (Lipinski definition) is 1. The second-order valence-corrected chi connectivity index (χ2v) is 6.80. The van der Waals surface area contributed by atoms with Crippen LogP contribution in [0.25, 0.3) is 6.08 Å². The van der Waals surface area contributed by atoms with E-state index in [9.17, 15) is 5.21 Å². The van der Waals surface area contributed by atoms with Crippen LogP contribution < -0.4 is 0 Å². The molecule has 0 saturated heterocycles. The van der Waals surface area contributed by atoms with Gasteiger partial charge in [0, 0.05) is 12.5 Å². The van der Waals surface area contributed by atoms with Crippen LogP contribution in [0.15, 0.2) is 29.4 Å². The van der Waals surface area contributed by atoms with E-state index in [-0.39, 0.29) is 5.92 Å². The molecule has 0 aliphatic carbocycles. The Balaban J connectivity index is 2.84. The first-order valence-electron chi connectivity index (χ1n) is 7.97. The van der Waals surface area contributed by atoms with Crippen molar-refractivity contribution in [3.63, 3.8) is 0 Å². The monoisotopic (exact) mass is 356 g/mol. The zero-order chi connectivity index (χ0) is 17.2. The summed E-state index contributed by atoms with van der Waals surface area (Å²) in [6.07, 6.45) is 8.28. The highest BCUT2D eigenvalue weighted by Gasteiger charge is 2.15. The Bertz CT molecular complexity index is 542. The van der Waals surface area contributed by atoms with Crippen molar-refractivity contribution < 1.29 is 5.21 Å². The highest BCUT2D eigenvalue weighted by Crippen LogP contribution is 2.23. The number of unbranched alkanes of at least 4 members (excludes halogenated alkanes) is 2. The van der Waals surface area contributed by atoms with Gasteiger partial charge in [-0.05, 0) is 44.3 Å². The summed E-state index contributed by atoms with van der Waals surface area (Å²) >= 11 is 12.0. The summed E-state index contributed by atoms with van der Waals surface area (Å²) in [5.41, 5.74) is 1.62. The highest BCUT2D eigenvalue weighted by atomic mass is 35.5. The topological polar surface area (TPSA) is 35.8 Å². The first-order chi connectivity index (χ1) is 11.0. The molecule has 0 fully saturated rings. The molecule has 1 aromatic carbocycles. The minimum Gasteiger partial charge on any atom is -0.411 e. The van der Waals surface area contributed by atoms with Crippen LogP contribution in [0.3, 0.4) is 0 Å². The molecule has 128 valence electrons. The molecule has 0 bridgehead atoms. The number of nitrogens with zero attached hydrogens (tertiary/aromatic N) is 2. The Labute approximate surface area is 149 Å². The van der Waals surface area contributed by atoms with E-state index in [1.54, 1.807) is 12.1 Å². The molecule has 0 aliphatic rings. The number of oxime groups is 1. The van der Waals surface area contributed by atoms with Crippen molar-refractivity contribution in [1.29, 1.82) is 0 Å². The van der Waals surface area contributed by atoms with Crippen molar-refractivity contribution in [3.8, 4) is 0 Å². The molecule has 1 rings (SSSR count). The highest BCUT2D eigenvalue weighted by molar-refractivity contribution is 6.42. The molecular formula is C18H26Cl2N2O. The van der Waals surface area contributed by atoms with Crippen molar-refractivity contribution in [1.82, 2.24) is 4.90 Å². The van der Waals surface area contributed by atoms with Crippen LogP contribution in [0.4, 0.5) is 0 Å². The fourth-order valence-electron chi connectivity index (χ4n) is 2.46. The molecule has 1 atom stereocenters. The molecular weight excluding hydrogens is 331 g/mol. The summed E-state index contributed by atoms with van der Waals surface area (Å²) in [4.78, 5) is 2.12. The average molecular weight is 357 g/mol. The van der Waals surface area contributed by atoms with Gasteiger partial charge >= 0.3 is 0 Å². The zero-order valence-corrected chi connectivity index (χ0v) is 15.6. The van der Waals surface area contributed by atoms with E-state index < -0.39 is 0 Å². The minimum absolute atomic E-state index is 0.209. The van der Waals surface area contributed by atoms with Gasteiger partial charge in [-0.1, -0.05) is 66.7 Å².